The van der Waals surface area contributed by atoms with E-state index in [2.05, 4.69) is 37.1 Å². The number of anilines is 2. The molecule has 1 saturated heterocycles. The van der Waals surface area contributed by atoms with Crippen LogP contribution in [0, 0.1) is 13.8 Å². The van der Waals surface area contributed by atoms with E-state index >= 15 is 0 Å². The fraction of sp³-hybridized carbons (Fsp3) is 0.434. The van der Waals surface area contributed by atoms with E-state index in [-0.39, 0.29) is 56.7 Å². The van der Waals surface area contributed by atoms with Crippen molar-refractivity contribution in [3.05, 3.63) is 112 Å². The number of rotatable bonds is 16. The molecule has 1 aromatic heterocycles. The SMILES string of the molecule is CCCP1(=O)OP(=O)(CCC)OP(=O)(CCC)O1.CCN(CC)CC.Cc1ccccc1C(=O)N1CCc2cc(-c3nc(NC(=O)Cc4ccc5c(c4)OCO5)sc3C)ccc21.O=C(O)Cc1ccc2c(c1)OCO2. The van der Waals surface area contributed by atoms with Crippen LogP contribution in [-0.4, -0.2) is 91.0 Å². The van der Waals surface area contributed by atoms with E-state index in [0.29, 0.717) is 53.9 Å². The number of carbonyl (C=O) groups excluding carboxylic acids is 2. The van der Waals surface area contributed by atoms with E-state index in [1.807, 2.05) is 73.3 Å². The zero-order valence-corrected chi connectivity index (χ0v) is 47.5. The molecule has 18 nitrogen and oxygen atoms in total. The van der Waals surface area contributed by atoms with Gasteiger partial charge < -0.3 is 39.2 Å². The van der Waals surface area contributed by atoms with Gasteiger partial charge in [-0.15, -0.1) is 11.3 Å². The average Bonchev–Trinajstić information content (AvgIpc) is 4.19. The van der Waals surface area contributed by atoms with E-state index in [0.717, 1.165) is 56.1 Å². The number of carboxylic acid groups (broad SMARTS) is 1. The summed E-state index contributed by atoms with van der Waals surface area (Å²) in [6.45, 7) is 20.6. The number of aromatic nitrogens is 1. The molecule has 0 aliphatic carbocycles. The molecule has 2 amide bonds. The first-order valence-corrected chi connectivity index (χ1v) is 31.3. The molecule has 22 heteroatoms. The van der Waals surface area contributed by atoms with Crippen LogP contribution in [0.3, 0.4) is 0 Å². The molecule has 0 atom stereocenters. The number of aliphatic carboxylic acids is 1. The first-order valence-electron chi connectivity index (χ1n) is 25.3. The molecule has 75 heavy (non-hydrogen) atoms. The van der Waals surface area contributed by atoms with Crippen LogP contribution in [-0.2, 0) is 55.5 Å². The van der Waals surface area contributed by atoms with Gasteiger partial charge in [0.15, 0.2) is 28.1 Å². The van der Waals surface area contributed by atoms with Gasteiger partial charge in [-0.25, -0.2) is 17.9 Å². The van der Waals surface area contributed by atoms with Gasteiger partial charge in [0.1, 0.15) is 0 Å². The Morgan fingerprint density at radius 3 is 1.69 bits per heavy atom. The normalized spacial score (nSPS) is 19.7. The van der Waals surface area contributed by atoms with Gasteiger partial charge in [-0.05, 0) is 124 Å². The Morgan fingerprint density at radius 1 is 0.680 bits per heavy atom. The largest absolute Gasteiger partial charge is 0.481 e. The van der Waals surface area contributed by atoms with Crippen molar-refractivity contribution in [1.29, 1.82) is 0 Å². The smallest absolute Gasteiger partial charge is 0.345 e. The summed E-state index contributed by atoms with van der Waals surface area (Å²) in [5.74, 6) is 1.70. The summed E-state index contributed by atoms with van der Waals surface area (Å²) in [6.07, 6.45) is 2.96. The van der Waals surface area contributed by atoms with Crippen LogP contribution in [0.15, 0.2) is 78.9 Å². The molecule has 2 N–H and O–H groups in total. The molecule has 4 aliphatic rings. The molecule has 5 aromatic rings. The minimum Gasteiger partial charge on any atom is -0.481 e. The van der Waals surface area contributed by atoms with Gasteiger partial charge in [0, 0.05) is 28.2 Å². The highest BCUT2D eigenvalue weighted by Crippen LogP contribution is 2.82. The molecular formula is C53H69N4O14P3S. The molecule has 0 unspecified atom stereocenters. The summed E-state index contributed by atoms with van der Waals surface area (Å²) in [4.78, 5) is 46.2. The van der Waals surface area contributed by atoms with Gasteiger partial charge >= 0.3 is 28.8 Å². The number of aryl methyl sites for hydroxylation is 2. The number of nitrogens with one attached hydrogen (secondary N) is 1. The molecule has 0 saturated carbocycles. The van der Waals surface area contributed by atoms with E-state index in [4.69, 9.17) is 42.0 Å². The number of benzene rings is 4. The van der Waals surface area contributed by atoms with Crippen molar-refractivity contribution in [3.63, 3.8) is 0 Å². The number of thiazole rings is 1. The van der Waals surface area contributed by atoms with Crippen LogP contribution in [0.2, 0.25) is 0 Å². The minimum atomic E-state index is -3.57. The Labute approximate surface area is 444 Å². The van der Waals surface area contributed by atoms with Gasteiger partial charge in [0.05, 0.1) is 37.0 Å². The van der Waals surface area contributed by atoms with Crippen molar-refractivity contribution in [2.24, 2.45) is 0 Å². The highest BCUT2D eigenvalue weighted by Gasteiger charge is 2.51. The number of nitrogens with zero attached hydrogens (tertiary/aromatic N) is 3. The maximum Gasteiger partial charge on any atom is 0.345 e. The van der Waals surface area contributed by atoms with Crippen molar-refractivity contribution in [1.82, 2.24) is 9.88 Å². The predicted octanol–water partition coefficient (Wildman–Crippen LogP) is 12.8. The molecule has 5 heterocycles. The standard InChI is InChI=1S/C29H25N3O4S.C9H21O6P3.C9H8O4.C6H15N/c1-17-5-3-4-6-22(17)28(34)32-12-11-20-15-21(8-9-23(20)32)27-18(2)37-29(31-27)30-26(33)14-19-7-10-24-25(13-19)36-16-35-24;1-4-7-16(10)13-17(11,8-5-2)15-18(12,14-16)9-6-3;10-9(11)4-6-1-2-7-8(3-6)13-5-12-7;1-4-7(5-2)6-3/h3-10,13,15H,11-12,14,16H2,1-2H3,(H,30,31,33);4-9H2,1-3H3;1-3H,4-5H2,(H,10,11);4-6H2,1-3H3. The maximum absolute atomic E-state index is 13.2. The lowest BCUT2D eigenvalue weighted by molar-refractivity contribution is -0.136. The highest BCUT2D eigenvalue weighted by atomic mass is 32.1. The van der Waals surface area contributed by atoms with Gasteiger partial charge in [0.25, 0.3) is 5.91 Å². The van der Waals surface area contributed by atoms with Crippen molar-refractivity contribution < 1.29 is 65.1 Å². The van der Waals surface area contributed by atoms with Crippen molar-refractivity contribution in [2.75, 3.05) is 68.5 Å². The summed E-state index contributed by atoms with van der Waals surface area (Å²) in [6, 6.07) is 24.5. The van der Waals surface area contributed by atoms with Crippen LogP contribution in [0.4, 0.5) is 10.8 Å². The van der Waals surface area contributed by atoms with E-state index < -0.39 is 28.8 Å². The quantitative estimate of drug-likeness (QED) is 0.0878. The van der Waals surface area contributed by atoms with E-state index in [9.17, 15) is 28.1 Å². The third-order valence-corrected chi connectivity index (χ3v) is 21.9. The van der Waals surface area contributed by atoms with Crippen LogP contribution in [0.25, 0.3) is 11.3 Å². The number of carbonyl (C=O) groups is 3. The van der Waals surface area contributed by atoms with Gasteiger partial charge in [0.2, 0.25) is 19.5 Å². The molecule has 9 rings (SSSR count). The monoisotopic (exact) mass is 1110 g/mol. The summed E-state index contributed by atoms with van der Waals surface area (Å²) < 4.78 is 73.2. The average molecular weight is 1110 g/mol. The molecule has 0 bridgehead atoms. The number of hydrogen-bond acceptors (Lipinski definition) is 16. The predicted molar refractivity (Wildman–Crippen MR) is 293 cm³/mol. The van der Waals surface area contributed by atoms with Crippen LogP contribution in [0.5, 0.6) is 23.0 Å². The lowest BCUT2D eigenvalue weighted by Gasteiger charge is -2.33. The third-order valence-electron chi connectivity index (χ3n) is 12.1. The molecule has 4 aliphatic heterocycles. The van der Waals surface area contributed by atoms with E-state index in [1.165, 1.54) is 31.0 Å². The van der Waals surface area contributed by atoms with Crippen LogP contribution in [0.1, 0.15) is 98.3 Å². The Kier molecular flexibility index (Phi) is 21.3. The second-order valence-corrected chi connectivity index (χ2v) is 26.0. The Hall–Kier alpha value is -5.35. The summed E-state index contributed by atoms with van der Waals surface area (Å²) in [7, 11) is -10.7. The van der Waals surface area contributed by atoms with Crippen LogP contribution < -0.4 is 29.2 Å². The van der Waals surface area contributed by atoms with Crippen molar-refractivity contribution >= 4 is 62.7 Å². The van der Waals surface area contributed by atoms with Gasteiger partial charge in [-0.3, -0.25) is 28.1 Å². The zero-order chi connectivity index (χ0) is 54.3. The van der Waals surface area contributed by atoms with E-state index in [1.54, 1.807) is 39.0 Å². The molecule has 0 radical (unpaired) electrons. The Balaban J connectivity index is 0.000000198. The molecule has 0 spiro atoms. The number of fused-ring (bicyclic) bond motifs is 3. The minimum absolute atomic E-state index is 0.0106. The Bertz CT molecular complexity index is 2860. The Morgan fingerprint density at radius 2 is 1.20 bits per heavy atom. The second kappa shape index (κ2) is 27.1. The van der Waals surface area contributed by atoms with Gasteiger partial charge in [-0.1, -0.05) is 77.9 Å². The first kappa shape index (κ1) is 58.9. The summed E-state index contributed by atoms with van der Waals surface area (Å²) >= 11 is 1.45. The first-order chi connectivity index (χ1) is 35.9. The maximum atomic E-state index is 13.2. The lowest BCUT2D eigenvalue weighted by atomic mass is 10.0. The number of amides is 2. The fourth-order valence-corrected chi connectivity index (χ4v) is 18.6. The molecular weight excluding hydrogens is 1040 g/mol. The lowest BCUT2D eigenvalue weighted by Crippen LogP contribution is -2.29. The molecule has 4 aromatic carbocycles. The number of carboxylic acids is 1. The zero-order valence-electron chi connectivity index (χ0n) is 44.0. The number of ether oxygens (including phenoxy) is 4. The second-order valence-electron chi connectivity index (χ2n) is 17.8. The summed E-state index contributed by atoms with van der Waals surface area (Å²) in [5.41, 5.74) is 7.17. The van der Waals surface area contributed by atoms with Gasteiger partial charge in [-0.2, -0.15) is 0 Å². The van der Waals surface area contributed by atoms with Crippen LogP contribution >= 0.6 is 34.1 Å². The van der Waals surface area contributed by atoms with Crippen molar-refractivity contribution in [3.8, 4) is 34.3 Å². The topological polar surface area (TPSA) is 219 Å². The summed E-state index contributed by atoms with van der Waals surface area (Å²) in [5, 5.41) is 12.0. The molecule has 1 fully saturated rings. The fourth-order valence-electron chi connectivity index (χ4n) is 8.41. The van der Waals surface area contributed by atoms with Crippen molar-refractivity contribution in [2.45, 2.75) is 93.9 Å². The number of hydrogen-bond donors (Lipinski definition) is 2. The third kappa shape index (κ3) is 16.1. The highest BCUT2D eigenvalue weighted by molar-refractivity contribution is 7.80. The molecule has 406 valence electrons.